The summed E-state index contributed by atoms with van der Waals surface area (Å²) in [5.41, 5.74) is 2.19. The van der Waals surface area contributed by atoms with Gasteiger partial charge in [-0.05, 0) is 35.9 Å². The Labute approximate surface area is 192 Å². The number of morpholine rings is 1. The Morgan fingerprint density at radius 1 is 0.939 bits per heavy atom. The first-order valence-electron chi connectivity index (χ1n) is 10.9. The van der Waals surface area contributed by atoms with Crippen LogP contribution < -0.4 is 15.5 Å². The second kappa shape index (κ2) is 10.7. The molecule has 0 radical (unpaired) electrons. The third-order valence-electron chi connectivity index (χ3n) is 5.52. The Bertz CT molecular complexity index is 1090. The van der Waals surface area contributed by atoms with Crippen molar-refractivity contribution in [3.63, 3.8) is 0 Å². The van der Waals surface area contributed by atoms with Gasteiger partial charge in [-0.25, -0.2) is 4.39 Å². The van der Waals surface area contributed by atoms with Gasteiger partial charge in [0.2, 0.25) is 5.91 Å². The maximum Gasteiger partial charge on any atom is 0.251 e. The van der Waals surface area contributed by atoms with Crippen molar-refractivity contribution in [1.29, 1.82) is 0 Å². The van der Waals surface area contributed by atoms with Crippen LogP contribution in [0.15, 0.2) is 78.9 Å². The van der Waals surface area contributed by atoms with Crippen LogP contribution in [0.25, 0.3) is 0 Å². The van der Waals surface area contributed by atoms with E-state index < -0.39 is 11.9 Å². The predicted molar refractivity (Wildman–Crippen MR) is 126 cm³/mol. The molecule has 1 aliphatic heterocycles. The lowest BCUT2D eigenvalue weighted by atomic mass is 10.0. The Morgan fingerprint density at radius 3 is 2.27 bits per heavy atom. The van der Waals surface area contributed by atoms with Crippen LogP contribution in [0.5, 0.6) is 0 Å². The molecule has 170 valence electrons. The van der Waals surface area contributed by atoms with Crippen molar-refractivity contribution in [2.75, 3.05) is 36.5 Å². The van der Waals surface area contributed by atoms with Gasteiger partial charge < -0.3 is 20.3 Å². The highest BCUT2D eigenvalue weighted by atomic mass is 19.1. The summed E-state index contributed by atoms with van der Waals surface area (Å²) in [6, 6.07) is 22.3. The molecule has 33 heavy (non-hydrogen) atoms. The molecule has 4 rings (SSSR count). The average Bonchev–Trinajstić information content (AvgIpc) is 2.85. The summed E-state index contributed by atoms with van der Waals surface area (Å²) >= 11 is 0. The number of hydrogen-bond donors (Lipinski definition) is 2. The highest BCUT2D eigenvalue weighted by Gasteiger charge is 2.20. The molecule has 2 amide bonds. The van der Waals surface area contributed by atoms with Gasteiger partial charge in [0.25, 0.3) is 5.91 Å². The molecule has 0 aliphatic carbocycles. The summed E-state index contributed by atoms with van der Waals surface area (Å²) in [6.07, 6.45) is 0.00935. The van der Waals surface area contributed by atoms with E-state index >= 15 is 0 Å². The molecule has 1 atom stereocenters. The number of anilines is 2. The maximum atomic E-state index is 14.7. The monoisotopic (exact) mass is 447 g/mol. The van der Waals surface area contributed by atoms with Crippen molar-refractivity contribution in [3.05, 3.63) is 95.8 Å². The van der Waals surface area contributed by atoms with Crippen LogP contribution in [-0.2, 0) is 9.53 Å². The molecule has 3 aromatic carbocycles. The molecule has 1 unspecified atom stereocenters. The SMILES string of the molecule is O=C(CC(NC(=O)c1ccccc1)c1ccccc1)Nc1ccc(N2CCOCC2)c(F)c1. The van der Waals surface area contributed by atoms with Gasteiger partial charge in [-0.2, -0.15) is 0 Å². The number of rotatable bonds is 7. The fraction of sp³-hybridized carbons (Fsp3) is 0.231. The number of nitrogens with zero attached hydrogens (tertiary/aromatic N) is 1. The minimum atomic E-state index is -0.531. The molecule has 1 fully saturated rings. The minimum Gasteiger partial charge on any atom is -0.378 e. The second-order valence-corrected chi connectivity index (χ2v) is 7.82. The molecule has 1 saturated heterocycles. The van der Waals surface area contributed by atoms with Gasteiger partial charge in [0.15, 0.2) is 0 Å². The fourth-order valence-corrected chi connectivity index (χ4v) is 3.81. The quantitative estimate of drug-likeness (QED) is 0.571. The zero-order valence-electron chi connectivity index (χ0n) is 18.2. The summed E-state index contributed by atoms with van der Waals surface area (Å²) in [6.45, 7) is 2.38. The average molecular weight is 448 g/mol. The van der Waals surface area contributed by atoms with E-state index in [9.17, 15) is 14.0 Å². The molecule has 0 bridgehead atoms. The van der Waals surface area contributed by atoms with Crippen LogP contribution in [0.3, 0.4) is 0 Å². The third-order valence-corrected chi connectivity index (χ3v) is 5.52. The summed E-state index contributed by atoms with van der Waals surface area (Å²) in [7, 11) is 0. The molecule has 2 N–H and O–H groups in total. The second-order valence-electron chi connectivity index (χ2n) is 7.82. The number of carbonyl (C=O) groups excluding carboxylic acids is 2. The molecule has 7 heteroatoms. The van der Waals surface area contributed by atoms with E-state index in [0.717, 1.165) is 5.56 Å². The molecule has 0 saturated carbocycles. The van der Waals surface area contributed by atoms with Crippen LogP contribution in [0.2, 0.25) is 0 Å². The summed E-state index contributed by atoms with van der Waals surface area (Å²) in [5.74, 6) is -0.986. The Morgan fingerprint density at radius 2 is 1.61 bits per heavy atom. The normalized spacial score (nSPS) is 14.4. The Balaban J connectivity index is 1.44. The number of hydrogen-bond acceptors (Lipinski definition) is 4. The largest absolute Gasteiger partial charge is 0.378 e. The smallest absolute Gasteiger partial charge is 0.251 e. The first-order valence-corrected chi connectivity index (χ1v) is 10.9. The van der Waals surface area contributed by atoms with E-state index in [4.69, 9.17) is 4.74 Å². The third kappa shape index (κ3) is 5.96. The zero-order chi connectivity index (χ0) is 23.0. The lowest BCUT2D eigenvalue weighted by Gasteiger charge is -2.29. The standard InChI is InChI=1S/C26H26FN3O3/c27-22-17-21(11-12-24(22)30-13-15-33-16-14-30)28-25(31)18-23(19-7-3-1-4-8-19)29-26(32)20-9-5-2-6-10-20/h1-12,17,23H,13-16,18H2,(H,28,31)(H,29,32). The van der Waals surface area contributed by atoms with Gasteiger partial charge >= 0.3 is 0 Å². The molecule has 0 spiro atoms. The summed E-state index contributed by atoms with van der Waals surface area (Å²) < 4.78 is 20.0. The molecular formula is C26H26FN3O3. The fourth-order valence-electron chi connectivity index (χ4n) is 3.81. The number of ether oxygens (including phenoxy) is 1. The molecular weight excluding hydrogens is 421 g/mol. The highest BCUT2D eigenvalue weighted by Crippen LogP contribution is 2.25. The van der Waals surface area contributed by atoms with Gasteiger partial charge in [0.05, 0.1) is 31.4 Å². The molecule has 0 aromatic heterocycles. The van der Waals surface area contributed by atoms with E-state index in [0.29, 0.717) is 43.2 Å². The van der Waals surface area contributed by atoms with E-state index in [-0.39, 0.29) is 18.2 Å². The van der Waals surface area contributed by atoms with Crippen molar-refractivity contribution >= 4 is 23.2 Å². The number of amides is 2. The van der Waals surface area contributed by atoms with Crippen LogP contribution in [-0.4, -0.2) is 38.1 Å². The van der Waals surface area contributed by atoms with E-state index in [1.165, 1.54) is 6.07 Å². The van der Waals surface area contributed by atoms with Crippen molar-refractivity contribution in [3.8, 4) is 0 Å². The number of carbonyl (C=O) groups is 2. The van der Waals surface area contributed by atoms with Crippen LogP contribution in [0, 0.1) is 5.82 Å². The van der Waals surface area contributed by atoms with Crippen LogP contribution in [0.4, 0.5) is 15.8 Å². The van der Waals surface area contributed by atoms with Crippen molar-refractivity contribution < 1.29 is 18.7 Å². The van der Waals surface area contributed by atoms with Gasteiger partial charge in [0, 0.05) is 24.3 Å². The first kappa shape index (κ1) is 22.5. The first-order chi connectivity index (χ1) is 16.1. The van der Waals surface area contributed by atoms with Gasteiger partial charge in [-0.3, -0.25) is 9.59 Å². The molecule has 6 nitrogen and oxygen atoms in total. The van der Waals surface area contributed by atoms with Crippen LogP contribution in [0.1, 0.15) is 28.4 Å². The molecule has 3 aromatic rings. The number of benzene rings is 3. The Kier molecular flexibility index (Phi) is 7.32. The lowest BCUT2D eigenvalue weighted by molar-refractivity contribution is -0.116. The lowest BCUT2D eigenvalue weighted by Crippen LogP contribution is -2.36. The summed E-state index contributed by atoms with van der Waals surface area (Å²) in [4.78, 5) is 27.4. The molecule has 1 heterocycles. The van der Waals surface area contributed by atoms with Gasteiger partial charge in [-0.15, -0.1) is 0 Å². The zero-order valence-corrected chi connectivity index (χ0v) is 18.2. The highest BCUT2D eigenvalue weighted by molar-refractivity contribution is 5.96. The topological polar surface area (TPSA) is 70.7 Å². The van der Waals surface area contributed by atoms with E-state index in [2.05, 4.69) is 10.6 Å². The summed E-state index contributed by atoms with van der Waals surface area (Å²) in [5, 5.41) is 5.69. The van der Waals surface area contributed by atoms with Crippen LogP contribution >= 0.6 is 0 Å². The Hall–Kier alpha value is -3.71. The van der Waals surface area contributed by atoms with Gasteiger partial charge in [-0.1, -0.05) is 48.5 Å². The minimum absolute atomic E-state index is 0.00935. The maximum absolute atomic E-state index is 14.7. The number of halogens is 1. The number of nitrogens with one attached hydrogen (secondary N) is 2. The van der Waals surface area contributed by atoms with Crippen molar-refractivity contribution in [2.24, 2.45) is 0 Å². The van der Waals surface area contributed by atoms with Crippen molar-refractivity contribution in [2.45, 2.75) is 12.5 Å². The van der Waals surface area contributed by atoms with E-state index in [1.807, 2.05) is 41.3 Å². The van der Waals surface area contributed by atoms with Gasteiger partial charge in [0.1, 0.15) is 5.82 Å². The van der Waals surface area contributed by atoms with E-state index in [1.54, 1.807) is 36.4 Å². The predicted octanol–water partition coefficient (Wildman–Crippen LogP) is 4.16. The molecule has 1 aliphatic rings. The van der Waals surface area contributed by atoms with Crippen molar-refractivity contribution in [1.82, 2.24) is 5.32 Å².